The molecule has 0 spiro atoms. The van der Waals surface area contributed by atoms with E-state index in [9.17, 15) is 9.59 Å². The van der Waals surface area contributed by atoms with E-state index >= 15 is 0 Å². The zero-order chi connectivity index (χ0) is 16.7. The fourth-order valence-corrected chi connectivity index (χ4v) is 1.90. The summed E-state index contributed by atoms with van der Waals surface area (Å²) in [5, 5.41) is 0. The van der Waals surface area contributed by atoms with Gasteiger partial charge in [0.1, 0.15) is 6.23 Å². The maximum atomic E-state index is 12.7. The molecule has 6 heteroatoms. The summed E-state index contributed by atoms with van der Waals surface area (Å²) in [5.41, 5.74) is 6.92. The highest BCUT2D eigenvalue weighted by molar-refractivity contribution is 6.08. The van der Waals surface area contributed by atoms with E-state index in [4.69, 9.17) is 4.74 Å². The molecule has 1 aromatic heterocycles. The molecule has 0 aliphatic rings. The molecule has 122 valence electrons. The number of nitrogens with zero attached hydrogens (tertiary/aromatic N) is 1. The van der Waals surface area contributed by atoms with Crippen LogP contribution in [0.2, 0.25) is 0 Å². The van der Waals surface area contributed by atoms with Gasteiger partial charge in [-0.2, -0.15) is 0 Å². The number of ether oxygens (including phenoxy) is 1. The van der Waals surface area contributed by atoms with Crippen LogP contribution in [0.3, 0.4) is 0 Å². The van der Waals surface area contributed by atoms with Crippen molar-refractivity contribution in [3.05, 3.63) is 45.5 Å². The van der Waals surface area contributed by atoms with E-state index in [2.05, 4.69) is 10.9 Å². The van der Waals surface area contributed by atoms with Gasteiger partial charge in [0.2, 0.25) is 5.78 Å². The molecule has 1 unspecified atom stereocenters. The fraction of sp³-hybridized carbons (Fsp3) is 0.500. The van der Waals surface area contributed by atoms with E-state index in [1.54, 1.807) is 25.4 Å². The number of aromatic nitrogens is 1. The second-order valence-electron chi connectivity index (χ2n) is 5.04. The Balaban J connectivity index is 3.06. The standard InChI is InChI=1S/C16H25N3O3/c1-6-11(3)14(18-17-12(4)22-7-2)15(20)13-9-8-10-19(5)16(13)21/h8-10,12,17-18H,6-7H2,1-5H3/b14-11-. The van der Waals surface area contributed by atoms with Crippen molar-refractivity contribution in [2.75, 3.05) is 6.61 Å². The lowest BCUT2D eigenvalue weighted by Gasteiger charge is -2.18. The third-order valence-corrected chi connectivity index (χ3v) is 3.37. The van der Waals surface area contributed by atoms with Crippen LogP contribution in [0, 0.1) is 0 Å². The summed E-state index contributed by atoms with van der Waals surface area (Å²) in [6.07, 6.45) is 2.07. The number of carbonyl (C=O) groups excluding carboxylic acids is 1. The minimum Gasteiger partial charge on any atom is -0.362 e. The van der Waals surface area contributed by atoms with Crippen molar-refractivity contribution in [1.29, 1.82) is 0 Å². The van der Waals surface area contributed by atoms with Crippen molar-refractivity contribution < 1.29 is 9.53 Å². The van der Waals surface area contributed by atoms with Gasteiger partial charge in [-0.05, 0) is 44.9 Å². The summed E-state index contributed by atoms with van der Waals surface area (Å²) >= 11 is 0. The van der Waals surface area contributed by atoms with Crippen molar-refractivity contribution in [3.63, 3.8) is 0 Å². The Morgan fingerprint density at radius 1 is 1.41 bits per heavy atom. The second kappa shape index (κ2) is 8.51. The number of ketones is 1. The van der Waals surface area contributed by atoms with Crippen LogP contribution in [0.15, 0.2) is 34.4 Å². The summed E-state index contributed by atoms with van der Waals surface area (Å²) < 4.78 is 6.75. The first-order chi connectivity index (χ1) is 10.4. The molecular formula is C16H25N3O3. The molecule has 0 saturated heterocycles. The molecule has 0 aliphatic carbocycles. The number of nitrogens with one attached hydrogen (secondary N) is 2. The summed E-state index contributed by atoms with van der Waals surface area (Å²) in [7, 11) is 1.62. The first kappa shape index (κ1) is 18.1. The number of rotatable bonds is 8. The summed E-state index contributed by atoms with van der Waals surface area (Å²) in [6, 6.07) is 3.23. The fourth-order valence-electron chi connectivity index (χ4n) is 1.90. The van der Waals surface area contributed by atoms with E-state index in [-0.39, 0.29) is 23.1 Å². The van der Waals surface area contributed by atoms with E-state index in [1.807, 2.05) is 27.7 Å². The molecule has 2 N–H and O–H groups in total. The first-order valence-corrected chi connectivity index (χ1v) is 7.45. The number of hydrazine groups is 1. The average molecular weight is 307 g/mol. The van der Waals surface area contributed by atoms with Crippen LogP contribution in [0.25, 0.3) is 0 Å². The summed E-state index contributed by atoms with van der Waals surface area (Å²) in [4.78, 5) is 24.8. The monoisotopic (exact) mass is 307 g/mol. The highest BCUT2D eigenvalue weighted by Crippen LogP contribution is 2.10. The smallest absolute Gasteiger partial charge is 0.261 e. The SMILES string of the molecule is CCOC(C)NN/C(C(=O)c1cccn(C)c1=O)=C(/C)CC. The van der Waals surface area contributed by atoms with Crippen LogP contribution in [0.4, 0.5) is 0 Å². The van der Waals surface area contributed by atoms with Gasteiger partial charge in [-0.1, -0.05) is 6.92 Å². The minimum absolute atomic E-state index is 0.145. The molecule has 0 fully saturated rings. The van der Waals surface area contributed by atoms with Gasteiger partial charge in [0, 0.05) is 19.9 Å². The molecule has 0 saturated carbocycles. The van der Waals surface area contributed by atoms with Crippen molar-refractivity contribution in [1.82, 2.24) is 15.4 Å². The summed E-state index contributed by atoms with van der Waals surface area (Å²) in [5.74, 6) is -0.322. The quantitative estimate of drug-likeness (QED) is 0.331. The zero-order valence-electron chi connectivity index (χ0n) is 13.9. The number of allylic oxidation sites excluding steroid dienone is 2. The van der Waals surface area contributed by atoms with Gasteiger partial charge in [-0.3, -0.25) is 9.59 Å². The van der Waals surface area contributed by atoms with Crippen LogP contribution in [-0.2, 0) is 11.8 Å². The summed E-state index contributed by atoms with van der Waals surface area (Å²) in [6.45, 7) is 8.11. The molecule has 0 bridgehead atoms. The van der Waals surface area contributed by atoms with Crippen LogP contribution in [-0.4, -0.2) is 23.2 Å². The number of hydrogen-bond donors (Lipinski definition) is 2. The van der Waals surface area contributed by atoms with Crippen molar-refractivity contribution in [2.24, 2.45) is 7.05 Å². The Morgan fingerprint density at radius 2 is 2.09 bits per heavy atom. The molecule has 0 aromatic carbocycles. The molecule has 6 nitrogen and oxygen atoms in total. The van der Waals surface area contributed by atoms with Crippen molar-refractivity contribution in [2.45, 2.75) is 40.3 Å². The molecule has 0 aliphatic heterocycles. The number of Topliss-reactive ketones (excluding diaryl/α,β-unsaturated/α-hetero) is 1. The molecule has 0 amide bonds. The van der Waals surface area contributed by atoms with Crippen LogP contribution in [0.1, 0.15) is 44.5 Å². The number of hydrogen-bond acceptors (Lipinski definition) is 5. The molecular weight excluding hydrogens is 282 g/mol. The molecule has 0 radical (unpaired) electrons. The molecule has 22 heavy (non-hydrogen) atoms. The van der Waals surface area contributed by atoms with E-state index in [1.165, 1.54) is 4.57 Å². The minimum atomic E-state index is -0.322. The zero-order valence-corrected chi connectivity index (χ0v) is 13.9. The van der Waals surface area contributed by atoms with Crippen LogP contribution < -0.4 is 16.4 Å². The highest BCUT2D eigenvalue weighted by atomic mass is 16.5. The first-order valence-electron chi connectivity index (χ1n) is 7.45. The number of aryl methyl sites for hydroxylation is 1. The Kier molecular flexibility index (Phi) is 7.01. The lowest BCUT2D eigenvalue weighted by atomic mass is 10.1. The Bertz CT molecular complexity index is 605. The Hall–Kier alpha value is -1.92. The second-order valence-corrected chi connectivity index (χ2v) is 5.04. The van der Waals surface area contributed by atoms with Crippen molar-refractivity contribution >= 4 is 5.78 Å². The van der Waals surface area contributed by atoms with Gasteiger partial charge in [0.05, 0.1) is 11.3 Å². The molecule has 1 aromatic rings. The lowest BCUT2D eigenvalue weighted by molar-refractivity contribution is 0.0434. The van der Waals surface area contributed by atoms with Gasteiger partial charge >= 0.3 is 0 Å². The lowest BCUT2D eigenvalue weighted by Crippen LogP contribution is -2.43. The van der Waals surface area contributed by atoms with Crippen LogP contribution in [0.5, 0.6) is 0 Å². The highest BCUT2D eigenvalue weighted by Gasteiger charge is 2.18. The predicted octanol–water partition coefficient (Wildman–Crippen LogP) is 1.73. The topological polar surface area (TPSA) is 72.4 Å². The molecule has 1 atom stereocenters. The normalized spacial score (nSPS) is 13.5. The number of pyridine rings is 1. The van der Waals surface area contributed by atoms with Gasteiger partial charge < -0.3 is 14.7 Å². The maximum Gasteiger partial charge on any atom is 0.261 e. The third-order valence-electron chi connectivity index (χ3n) is 3.37. The largest absolute Gasteiger partial charge is 0.362 e. The third kappa shape index (κ3) is 4.54. The van der Waals surface area contributed by atoms with Gasteiger partial charge in [-0.25, -0.2) is 5.43 Å². The van der Waals surface area contributed by atoms with E-state index in [0.29, 0.717) is 18.7 Å². The number of carbonyl (C=O) groups is 1. The van der Waals surface area contributed by atoms with E-state index in [0.717, 1.165) is 5.57 Å². The van der Waals surface area contributed by atoms with Gasteiger partial charge in [0.15, 0.2) is 0 Å². The predicted molar refractivity (Wildman–Crippen MR) is 86.4 cm³/mol. The van der Waals surface area contributed by atoms with Crippen molar-refractivity contribution in [3.8, 4) is 0 Å². The van der Waals surface area contributed by atoms with E-state index < -0.39 is 0 Å². The average Bonchev–Trinajstić information content (AvgIpc) is 2.49. The maximum absolute atomic E-state index is 12.7. The van der Waals surface area contributed by atoms with Gasteiger partial charge in [0.25, 0.3) is 5.56 Å². The van der Waals surface area contributed by atoms with Crippen LogP contribution >= 0.6 is 0 Å². The van der Waals surface area contributed by atoms with Gasteiger partial charge in [-0.15, -0.1) is 0 Å². The Morgan fingerprint density at radius 3 is 2.68 bits per heavy atom. The Labute approximate surface area is 131 Å². The molecule has 1 rings (SSSR count). The molecule has 1 heterocycles.